The molecule has 8 rings (SSSR count). The topological polar surface area (TPSA) is 164 Å². The van der Waals surface area contributed by atoms with Crippen molar-refractivity contribution < 1.29 is 19.6 Å². The second-order valence-electron chi connectivity index (χ2n) is 14.6. The first-order valence-electron chi connectivity index (χ1n) is 19.4. The van der Waals surface area contributed by atoms with Gasteiger partial charge >= 0.3 is 0 Å². The molecule has 0 saturated carbocycles. The van der Waals surface area contributed by atoms with Crippen LogP contribution in [0.2, 0.25) is 0 Å². The molecular formula is C48H45N3O8P2. The molecule has 0 atom stereocenters. The van der Waals surface area contributed by atoms with Crippen LogP contribution < -0.4 is 36.6 Å². The number of nitrogens with zero attached hydrogens (tertiary/aromatic N) is 3. The molecule has 0 N–H and O–H groups in total. The van der Waals surface area contributed by atoms with Gasteiger partial charge in [0.25, 0.3) is 0 Å². The van der Waals surface area contributed by atoms with Crippen molar-refractivity contribution in [1.29, 1.82) is 0 Å². The van der Waals surface area contributed by atoms with Crippen LogP contribution in [0.4, 0.5) is 0 Å². The van der Waals surface area contributed by atoms with E-state index in [-0.39, 0.29) is 0 Å². The van der Waals surface area contributed by atoms with Crippen LogP contribution in [0.1, 0.15) is 36.4 Å². The van der Waals surface area contributed by atoms with Gasteiger partial charge in [0.05, 0.1) is 28.2 Å². The number of pyridine rings is 1. The predicted molar refractivity (Wildman–Crippen MR) is 247 cm³/mol. The standard InChI is InChI=1S/C48H45NO2P2.2NO3/c1-37-47-44(34-50-48(2,3)51-47)45(35-52(38-22-10-4-11-23-38,39-24-12-5-13-25-39)40-26-14-6-15-27-40)46(49-37)36-53(41-28-16-7-17-29-41,42-30-18-8-19-31-42)43-32-20-9-21-33-43;2*2-1(3)4/h4-33H,34-36H2,1-3H3;;/q+2;2*-1. The van der Waals surface area contributed by atoms with Crippen molar-refractivity contribution >= 4 is 46.4 Å². The van der Waals surface area contributed by atoms with Gasteiger partial charge in [-0.3, -0.25) is 0 Å². The second kappa shape index (κ2) is 19.7. The lowest BCUT2D eigenvalue weighted by Gasteiger charge is -2.36. The molecule has 0 radical (unpaired) electrons. The molecule has 1 aliphatic heterocycles. The SMILES string of the molecule is Cc1nc(C[P+](c2ccccc2)(c2ccccc2)c2ccccc2)c(C[P+](c2ccccc2)(c2ccccc2)c2ccccc2)c2c1OC(C)(C)OC2.O=[N+]([O-])[O-].O=[N+]([O-])[O-]. The normalized spacial score (nSPS) is 12.8. The van der Waals surface area contributed by atoms with Gasteiger partial charge in [-0.1, -0.05) is 109 Å². The van der Waals surface area contributed by atoms with E-state index in [1.165, 1.54) is 37.4 Å². The molecule has 11 nitrogen and oxygen atoms in total. The summed E-state index contributed by atoms with van der Waals surface area (Å²) in [6.07, 6.45) is 1.54. The Morgan fingerprint density at radius 1 is 0.525 bits per heavy atom. The Labute approximate surface area is 356 Å². The third kappa shape index (κ3) is 10.1. The summed E-state index contributed by atoms with van der Waals surface area (Å²) >= 11 is 0. The Morgan fingerprint density at radius 2 is 0.803 bits per heavy atom. The summed E-state index contributed by atoms with van der Waals surface area (Å²) in [5.74, 6) is 0.104. The smallest absolute Gasteiger partial charge is 0.205 e. The van der Waals surface area contributed by atoms with Gasteiger partial charge in [0.1, 0.15) is 64.4 Å². The molecule has 0 bridgehead atoms. The van der Waals surface area contributed by atoms with Crippen LogP contribution in [0.25, 0.3) is 0 Å². The highest BCUT2D eigenvalue weighted by molar-refractivity contribution is 7.95. The molecule has 1 aliphatic rings. The average Bonchev–Trinajstić information content (AvgIpc) is 3.27. The number of ether oxygens (including phenoxy) is 2. The molecule has 2 heterocycles. The van der Waals surface area contributed by atoms with Gasteiger partial charge in [0, 0.05) is 25.0 Å². The summed E-state index contributed by atoms with van der Waals surface area (Å²) in [5.41, 5.74) is 4.38. The number of aryl methyl sites for hydroxylation is 1. The molecule has 0 amide bonds. The summed E-state index contributed by atoms with van der Waals surface area (Å²) in [6.45, 7) is 6.55. The third-order valence-corrected chi connectivity index (χ3v) is 19.1. The summed E-state index contributed by atoms with van der Waals surface area (Å²) in [5, 5.41) is 37.5. The van der Waals surface area contributed by atoms with E-state index in [2.05, 4.69) is 189 Å². The maximum atomic E-state index is 8.25. The van der Waals surface area contributed by atoms with Gasteiger partial charge in [-0.15, -0.1) is 0 Å². The van der Waals surface area contributed by atoms with Crippen molar-refractivity contribution in [1.82, 2.24) is 4.98 Å². The number of hydrogen-bond donors (Lipinski definition) is 0. The quantitative estimate of drug-likeness (QED) is 0.0745. The zero-order valence-corrected chi connectivity index (χ0v) is 35.7. The van der Waals surface area contributed by atoms with Crippen LogP contribution in [-0.2, 0) is 23.7 Å². The molecule has 0 spiro atoms. The number of hydrogen-bond acceptors (Lipinski definition) is 9. The fraction of sp³-hybridized carbons (Fsp3) is 0.146. The number of fused-ring (bicyclic) bond motifs is 1. The molecule has 6 aromatic carbocycles. The summed E-state index contributed by atoms with van der Waals surface area (Å²) in [4.78, 5) is 22.1. The monoisotopic (exact) mass is 853 g/mol. The molecule has 0 unspecified atom stereocenters. The first-order valence-corrected chi connectivity index (χ1v) is 23.4. The highest BCUT2D eigenvalue weighted by atomic mass is 31.2. The summed E-state index contributed by atoms with van der Waals surface area (Å²) in [6, 6.07) is 66.8. The largest absolute Gasteiger partial charge is 0.461 e. The molecule has 1 aromatic heterocycles. The van der Waals surface area contributed by atoms with Crippen LogP contribution in [0.5, 0.6) is 5.75 Å². The Balaban J connectivity index is 0.000000717. The van der Waals surface area contributed by atoms with E-state index in [0.29, 0.717) is 6.61 Å². The van der Waals surface area contributed by atoms with Crippen LogP contribution in [0, 0.1) is 37.6 Å². The first-order chi connectivity index (χ1) is 29.4. The molecule has 13 heteroatoms. The molecular weight excluding hydrogens is 808 g/mol. The van der Waals surface area contributed by atoms with E-state index < -0.39 is 30.5 Å². The highest BCUT2D eigenvalue weighted by Gasteiger charge is 2.51. The molecule has 0 aliphatic carbocycles. The lowest BCUT2D eigenvalue weighted by Crippen LogP contribution is -2.38. The van der Waals surface area contributed by atoms with Crippen LogP contribution in [0.3, 0.4) is 0 Å². The molecule has 0 fully saturated rings. The van der Waals surface area contributed by atoms with Gasteiger partial charge in [0.15, 0.2) is 0 Å². The van der Waals surface area contributed by atoms with Crippen molar-refractivity contribution in [2.24, 2.45) is 0 Å². The van der Waals surface area contributed by atoms with Gasteiger partial charge in [-0.25, -0.2) is 4.98 Å². The average molecular weight is 854 g/mol. The number of aromatic nitrogens is 1. The van der Waals surface area contributed by atoms with E-state index in [0.717, 1.165) is 35.0 Å². The minimum absolute atomic E-state index is 0.458. The van der Waals surface area contributed by atoms with Crippen molar-refractivity contribution in [3.63, 3.8) is 0 Å². The van der Waals surface area contributed by atoms with E-state index in [1.807, 2.05) is 13.8 Å². The Hall–Kier alpha value is -6.51. The summed E-state index contributed by atoms with van der Waals surface area (Å²) < 4.78 is 13.2. The van der Waals surface area contributed by atoms with Crippen LogP contribution >= 0.6 is 14.5 Å². The second-order valence-corrected chi connectivity index (χ2v) is 21.6. The molecule has 7 aromatic rings. The Kier molecular flexibility index (Phi) is 14.2. The van der Waals surface area contributed by atoms with E-state index in [9.17, 15) is 0 Å². The maximum Gasteiger partial charge on any atom is 0.205 e. The van der Waals surface area contributed by atoms with Gasteiger partial charge in [-0.05, 0) is 79.7 Å². The van der Waals surface area contributed by atoms with Crippen molar-refractivity contribution in [2.45, 2.75) is 45.5 Å². The zero-order valence-electron chi connectivity index (χ0n) is 33.9. The van der Waals surface area contributed by atoms with E-state index in [4.69, 9.17) is 45.1 Å². The fourth-order valence-corrected chi connectivity index (χ4v) is 16.5. The van der Waals surface area contributed by atoms with Gasteiger partial charge in [0.2, 0.25) is 5.79 Å². The third-order valence-electron chi connectivity index (χ3n) is 10.5. The van der Waals surface area contributed by atoms with Gasteiger partial charge < -0.3 is 40.1 Å². The highest BCUT2D eigenvalue weighted by Crippen LogP contribution is 2.62. The van der Waals surface area contributed by atoms with Crippen molar-refractivity contribution in [3.8, 4) is 5.75 Å². The van der Waals surface area contributed by atoms with Crippen LogP contribution in [-0.4, -0.2) is 20.9 Å². The fourth-order valence-electron chi connectivity index (χ4n) is 7.98. The van der Waals surface area contributed by atoms with Crippen LogP contribution in [0.15, 0.2) is 182 Å². The zero-order chi connectivity index (χ0) is 43.5. The van der Waals surface area contributed by atoms with E-state index in [1.54, 1.807) is 0 Å². The first kappa shape index (κ1) is 44.1. The van der Waals surface area contributed by atoms with Crippen molar-refractivity contribution in [2.75, 3.05) is 0 Å². The van der Waals surface area contributed by atoms with Gasteiger partial charge in [-0.2, -0.15) is 0 Å². The van der Waals surface area contributed by atoms with Crippen molar-refractivity contribution in [3.05, 3.63) is 235 Å². The Bertz CT molecular complexity index is 2310. The Morgan fingerprint density at radius 3 is 1.10 bits per heavy atom. The predicted octanol–water partition coefficient (Wildman–Crippen LogP) is 8.55. The maximum absolute atomic E-state index is 8.25. The lowest BCUT2D eigenvalue weighted by molar-refractivity contribution is -0.403. The minimum atomic E-state index is -2.32. The summed E-state index contributed by atoms with van der Waals surface area (Å²) in [7, 11) is -4.61. The number of benzene rings is 6. The molecule has 61 heavy (non-hydrogen) atoms. The molecule has 310 valence electrons. The van der Waals surface area contributed by atoms with E-state index >= 15 is 0 Å². The lowest BCUT2D eigenvalue weighted by atomic mass is 10.0. The molecule has 0 saturated heterocycles. The number of rotatable bonds is 10. The minimum Gasteiger partial charge on any atom is -0.461 e.